The van der Waals surface area contributed by atoms with Crippen LogP contribution in [0.5, 0.6) is 0 Å². The van der Waals surface area contributed by atoms with Crippen molar-refractivity contribution < 1.29 is 4.42 Å². The van der Waals surface area contributed by atoms with Crippen molar-refractivity contribution in [2.24, 2.45) is 0 Å². The van der Waals surface area contributed by atoms with E-state index in [1.807, 2.05) is 36.7 Å². The van der Waals surface area contributed by atoms with Crippen LogP contribution in [0, 0.1) is 0 Å². The van der Waals surface area contributed by atoms with E-state index >= 15 is 0 Å². The van der Waals surface area contributed by atoms with Crippen LogP contribution in [0.2, 0.25) is 0 Å². The Morgan fingerprint density at radius 2 is 1.23 bits per heavy atom. The molecule has 6 rings (SSSR count). The molecule has 0 saturated heterocycles. The minimum Gasteiger partial charge on any atom is -0.455 e. The van der Waals surface area contributed by atoms with Crippen LogP contribution in [-0.2, 0) is 0 Å². The molecule has 6 aromatic rings. The number of pyridine rings is 2. The lowest BCUT2D eigenvalue weighted by Gasteiger charge is -2.04. The van der Waals surface area contributed by atoms with Crippen molar-refractivity contribution in [3.63, 3.8) is 0 Å². The Hall–Kier alpha value is -4.24. The zero-order valence-electron chi connectivity index (χ0n) is 16.7. The second-order valence-electron chi connectivity index (χ2n) is 7.51. The first-order valence-corrected chi connectivity index (χ1v) is 10.2. The van der Waals surface area contributed by atoms with E-state index < -0.39 is 0 Å². The molecule has 0 aliphatic rings. The molecule has 0 atom stereocenters. The molecule has 0 aliphatic carbocycles. The second kappa shape index (κ2) is 7.22. The van der Waals surface area contributed by atoms with Crippen molar-refractivity contribution in [3.05, 3.63) is 110 Å². The van der Waals surface area contributed by atoms with Crippen LogP contribution in [0.3, 0.4) is 0 Å². The molecule has 0 saturated carbocycles. The van der Waals surface area contributed by atoms with E-state index in [4.69, 9.17) is 4.42 Å². The maximum absolute atomic E-state index is 6.50. The Morgan fingerprint density at radius 1 is 0.516 bits per heavy atom. The fourth-order valence-corrected chi connectivity index (χ4v) is 4.13. The van der Waals surface area contributed by atoms with Gasteiger partial charge in [-0.25, -0.2) is 0 Å². The molecule has 0 fully saturated rings. The number of para-hydroxylation sites is 2. The average molecular weight is 398 g/mol. The summed E-state index contributed by atoms with van der Waals surface area (Å²) < 4.78 is 6.50. The summed E-state index contributed by atoms with van der Waals surface area (Å²) in [4.78, 5) is 8.85. The zero-order valence-corrected chi connectivity index (χ0v) is 16.7. The molecule has 0 unspecified atom stereocenters. The van der Waals surface area contributed by atoms with E-state index in [9.17, 15) is 0 Å². The Bertz CT molecular complexity index is 1500. The largest absolute Gasteiger partial charge is 0.455 e. The first-order valence-electron chi connectivity index (χ1n) is 10.2. The van der Waals surface area contributed by atoms with Crippen molar-refractivity contribution >= 4 is 21.9 Å². The van der Waals surface area contributed by atoms with Crippen molar-refractivity contribution in [1.82, 2.24) is 9.97 Å². The maximum atomic E-state index is 6.50. The summed E-state index contributed by atoms with van der Waals surface area (Å²) in [5.74, 6) is 0. The summed E-state index contributed by atoms with van der Waals surface area (Å²) in [5.41, 5.74) is 8.02. The normalized spacial score (nSPS) is 11.2. The summed E-state index contributed by atoms with van der Waals surface area (Å²) in [5, 5.41) is 2.24. The van der Waals surface area contributed by atoms with Crippen LogP contribution in [0.15, 0.2) is 114 Å². The molecule has 3 heterocycles. The molecule has 0 amide bonds. The fraction of sp³-hybridized carbons (Fsp3) is 0. The monoisotopic (exact) mass is 398 g/mol. The van der Waals surface area contributed by atoms with Gasteiger partial charge in [-0.15, -0.1) is 0 Å². The zero-order chi connectivity index (χ0) is 20.6. The molecule has 0 aliphatic heterocycles. The third kappa shape index (κ3) is 2.99. The summed E-state index contributed by atoms with van der Waals surface area (Å²) in [6, 6.07) is 31.1. The van der Waals surface area contributed by atoms with Crippen molar-refractivity contribution in [1.29, 1.82) is 0 Å². The molecule has 0 bridgehead atoms. The van der Waals surface area contributed by atoms with Gasteiger partial charge in [-0.1, -0.05) is 72.8 Å². The number of aromatic nitrogens is 2. The standard InChI is InChI=1S/C28H18N2O/c1-2-7-19(8-3-1)22-10-4-12-24-25-13-5-11-23(28(25)31-27(22)24)20-14-15-26(30-18-20)21-9-6-16-29-17-21/h1-18H. The summed E-state index contributed by atoms with van der Waals surface area (Å²) in [6.45, 7) is 0. The van der Waals surface area contributed by atoms with Crippen LogP contribution in [-0.4, -0.2) is 9.97 Å². The van der Waals surface area contributed by atoms with Gasteiger partial charge >= 0.3 is 0 Å². The number of furan rings is 1. The Morgan fingerprint density at radius 3 is 1.87 bits per heavy atom. The van der Waals surface area contributed by atoms with Crippen molar-refractivity contribution in [2.45, 2.75) is 0 Å². The van der Waals surface area contributed by atoms with Gasteiger partial charge in [0, 0.05) is 51.6 Å². The summed E-state index contributed by atoms with van der Waals surface area (Å²) >= 11 is 0. The molecule has 3 aromatic carbocycles. The molecule has 3 nitrogen and oxygen atoms in total. The maximum Gasteiger partial charge on any atom is 0.143 e. The topological polar surface area (TPSA) is 38.9 Å². The molecule has 31 heavy (non-hydrogen) atoms. The Kier molecular flexibility index (Phi) is 4.10. The van der Waals surface area contributed by atoms with E-state index in [2.05, 4.69) is 76.7 Å². The van der Waals surface area contributed by atoms with Gasteiger partial charge in [-0.3, -0.25) is 9.97 Å². The number of hydrogen-bond donors (Lipinski definition) is 0. The highest BCUT2D eigenvalue weighted by molar-refractivity contribution is 6.12. The van der Waals surface area contributed by atoms with E-state index in [1.165, 1.54) is 0 Å². The van der Waals surface area contributed by atoms with Gasteiger partial charge in [-0.2, -0.15) is 0 Å². The number of hydrogen-bond acceptors (Lipinski definition) is 3. The lowest BCUT2D eigenvalue weighted by Crippen LogP contribution is -1.86. The SMILES string of the molecule is c1ccc(-c2cccc3c2oc2c(-c4ccc(-c5cccnc5)nc4)cccc23)cc1. The van der Waals surface area contributed by atoms with Gasteiger partial charge in [-0.05, 0) is 23.8 Å². The van der Waals surface area contributed by atoms with Gasteiger partial charge in [0.1, 0.15) is 11.2 Å². The minimum absolute atomic E-state index is 0.886. The predicted octanol–water partition coefficient (Wildman–Crippen LogP) is 7.38. The smallest absolute Gasteiger partial charge is 0.143 e. The molecule has 3 aromatic heterocycles. The van der Waals surface area contributed by atoms with Crippen LogP contribution in [0.1, 0.15) is 0 Å². The molecule has 0 radical (unpaired) electrons. The van der Waals surface area contributed by atoms with Crippen LogP contribution < -0.4 is 0 Å². The minimum atomic E-state index is 0.886. The number of benzene rings is 3. The molecular formula is C28H18N2O. The summed E-state index contributed by atoms with van der Waals surface area (Å²) in [6.07, 6.45) is 5.50. The highest BCUT2D eigenvalue weighted by atomic mass is 16.3. The van der Waals surface area contributed by atoms with Gasteiger partial charge in [0.2, 0.25) is 0 Å². The predicted molar refractivity (Wildman–Crippen MR) is 126 cm³/mol. The summed E-state index contributed by atoms with van der Waals surface area (Å²) in [7, 11) is 0. The quantitative estimate of drug-likeness (QED) is 0.312. The van der Waals surface area contributed by atoms with Gasteiger partial charge in [0.15, 0.2) is 0 Å². The Labute approximate surface area is 179 Å². The molecule has 0 spiro atoms. The molecule has 3 heteroatoms. The lowest BCUT2D eigenvalue weighted by atomic mass is 10.0. The second-order valence-corrected chi connectivity index (χ2v) is 7.51. The van der Waals surface area contributed by atoms with Crippen molar-refractivity contribution in [2.75, 3.05) is 0 Å². The fourth-order valence-electron chi connectivity index (χ4n) is 4.13. The van der Waals surface area contributed by atoms with Gasteiger partial charge < -0.3 is 4.42 Å². The lowest BCUT2D eigenvalue weighted by molar-refractivity contribution is 0.671. The molecular weight excluding hydrogens is 380 g/mol. The third-order valence-electron chi connectivity index (χ3n) is 5.64. The van der Waals surface area contributed by atoms with Gasteiger partial charge in [0.05, 0.1) is 5.69 Å². The molecule has 146 valence electrons. The van der Waals surface area contributed by atoms with Gasteiger partial charge in [0.25, 0.3) is 0 Å². The first kappa shape index (κ1) is 17.6. The van der Waals surface area contributed by atoms with E-state index in [-0.39, 0.29) is 0 Å². The molecule has 0 N–H and O–H groups in total. The van der Waals surface area contributed by atoms with Crippen LogP contribution in [0.25, 0.3) is 55.4 Å². The van der Waals surface area contributed by atoms with Crippen molar-refractivity contribution in [3.8, 4) is 33.5 Å². The highest BCUT2D eigenvalue weighted by Crippen LogP contribution is 2.39. The average Bonchev–Trinajstić information content (AvgIpc) is 3.24. The van der Waals surface area contributed by atoms with E-state index in [0.29, 0.717) is 0 Å². The van der Waals surface area contributed by atoms with E-state index in [0.717, 1.165) is 55.4 Å². The third-order valence-corrected chi connectivity index (χ3v) is 5.64. The first-order chi connectivity index (χ1) is 15.4. The number of rotatable bonds is 3. The Balaban J connectivity index is 1.52. The van der Waals surface area contributed by atoms with E-state index in [1.54, 1.807) is 6.20 Å². The van der Waals surface area contributed by atoms with Crippen LogP contribution in [0.4, 0.5) is 0 Å². The highest BCUT2D eigenvalue weighted by Gasteiger charge is 2.15. The number of fused-ring (bicyclic) bond motifs is 3. The number of nitrogens with zero attached hydrogens (tertiary/aromatic N) is 2. The van der Waals surface area contributed by atoms with Crippen LogP contribution >= 0.6 is 0 Å².